The van der Waals surface area contributed by atoms with Gasteiger partial charge in [-0.05, 0) is 42.5 Å². The Kier molecular flexibility index (Phi) is 5.12. The van der Waals surface area contributed by atoms with Crippen LogP contribution in [-0.4, -0.2) is 30.3 Å². The number of hydrogen-bond acceptors (Lipinski definition) is 6. The van der Waals surface area contributed by atoms with Crippen LogP contribution in [0.3, 0.4) is 0 Å². The fraction of sp³-hybridized carbons (Fsp3) is 0.167. The highest BCUT2D eigenvalue weighted by atomic mass is 19.1. The number of nitrogens with one attached hydrogen (secondary N) is 1. The molecule has 0 aliphatic heterocycles. The van der Waals surface area contributed by atoms with Crippen LogP contribution in [-0.2, 0) is 6.54 Å². The smallest absolute Gasteiger partial charge is 0.257 e. The molecule has 3 rings (SSSR count). The van der Waals surface area contributed by atoms with Gasteiger partial charge in [0.25, 0.3) is 11.8 Å². The van der Waals surface area contributed by atoms with Gasteiger partial charge in [-0.15, -0.1) is 0 Å². The van der Waals surface area contributed by atoms with Gasteiger partial charge >= 0.3 is 0 Å². The van der Waals surface area contributed by atoms with Crippen LogP contribution in [0.4, 0.5) is 4.39 Å². The van der Waals surface area contributed by atoms with Crippen molar-refractivity contribution in [1.29, 1.82) is 0 Å². The van der Waals surface area contributed by atoms with E-state index in [0.29, 0.717) is 17.5 Å². The minimum atomic E-state index is -0.530. The van der Waals surface area contributed by atoms with Crippen molar-refractivity contribution in [2.75, 3.05) is 14.2 Å². The molecule has 0 aliphatic carbocycles. The second-order valence-electron chi connectivity index (χ2n) is 5.27. The van der Waals surface area contributed by atoms with Gasteiger partial charge in [-0.3, -0.25) is 4.79 Å². The maximum atomic E-state index is 13.4. The molecule has 1 heterocycles. The summed E-state index contributed by atoms with van der Waals surface area (Å²) in [6.45, 7) is 0.0259. The Morgan fingerprint density at radius 3 is 2.62 bits per heavy atom. The molecule has 2 aromatic carbocycles. The highest BCUT2D eigenvalue weighted by molar-refractivity contribution is 5.96. The zero-order chi connectivity index (χ0) is 18.5. The number of amides is 1. The van der Waals surface area contributed by atoms with Crippen molar-refractivity contribution in [3.63, 3.8) is 0 Å². The predicted octanol–water partition coefficient (Wildman–Crippen LogP) is 2.82. The maximum absolute atomic E-state index is 13.4. The third kappa shape index (κ3) is 3.80. The van der Waals surface area contributed by atoms with Crippen LogP contribution in [0.15, 0.2) is 47.0 Å². The third-order valence-corrected chi connectivity index (χ3v) is 3.62. The lowest BCUT2D eigenvalue weighted by atomic mass is 10.2. The van der Waals surface area contributed by atoms with Crippen LogP contribution < -0.4 is 14.8 Å². The molecule has 1 aromatic heterocycles. The molecule has 0 bridgehead atoms. The molecule has 3 aromatic rings. The van der Waals surface area contributed by atoms with E-state index in [1.54, 1.807) is 31.4 Å². The fourth-order valence-corrected chi connectivity index (χ4v) is 2.29. The molecule has 134 valence electrons. The molecule has 1 amide bonds. The first-order valence-electron chi connectivity index (χ1n) is 7.69. The Bertz CT molecular complexity index is 909. The molecule has 0 saturated carbocycles. The predicted molar refractivity (Wildman–Crippen MR) is 90.4 cm³/mol. The molecule has 7 nitrogen and oxygen atoms in total. The summed E-state index contributed by atoms with van der Waals surface area (Å²) in [5.74, 6) is 0.565. The van der Waals surface area contributed by atoms with E-state index < -0.39 is 11.7 Å². The monoisotopic (exact) mass is 357 g/mol. The highest BCUT2D eigenvalue weighted by Crippen LogP contribution is 2.21. The van der Waals surface area contributed by atoms with Crippen LogP contribution >= 0.6 is 0 Å². The van der Waals surface area contributed by atoms with E-state index in [4.69, 9.17) is 14.0 Å². The van der Waals surface area contributed by atoms with Gasteiger partial charge in [-0.1, -0.05) is 5.16 Å². The van der Waals surface area contributed by atoms with Gasteiger partial charge in [0.1, 0.15) is 17.3 Å². The summed E-state index contributed by atoms with van der Waals surface area (Å²) < 4.78 is 28.7. The highest BCUT2D eigenvalue weighted by Gasteiger charge is 2.15. The van der Waals surface area contributed by atoms with Crippen molar-refractivity contribution in [1.82, 2.24) is 15.5 Å². The van der Waals surface area contributed by atoms with Gasteiger partial charge in [0.2, 0.25) is 0 Å². The number of methoxy groups -OCH3 is 2. The Labute approximate surface area is 148 Å². The van der Waals surface area contributed by atoms with Crippen LogP contribution in [0.2, 0.25) is 0 Å². The third-order valence-electron chi connectivity index (χ3n) is 3.62. The summed E-state index contributed by atoms with van der Waals surface area (Å²) in [6.07, 6.45) is 0. The molecule has 0 fully saturated rings. The van der Waals surface area contributed by atoms with E-state index in [0.717, 1.165) is 11.6 Å². The molecule has 0 aliphatic rings. The lowest BCUT2D eigenvalue weighted by Crippen LogP contribution is -2.24. The van der Waals surface area contributed by atoms with Gasteiger partial charge < -0.3 is 19.3 Å². The minimum Gasteiger partial charge on any atom is -0.497 e. The zero-order valence-corrected chi connectivity index (χ0v) is 14.2. The number of hydrogen-bond donors (Lipinski definition) is 1. The summed E-state index contributed by atoms with van der Waals surface area (Å²) in [4.78, 5) is 16.5. The van der Waals surface area contributed by atoms with Crippen LogP contribution in [0.25, 0.3) is 11.5 Å². The van der Waals surface area contributed by atoms with Crippen molar-refractivity contribution in [2.45, 2.75) is 6.54 Å². The van der Waals surface area contributed by atoms with Crippen molar-refractivity contribution in [3.8, 4) is 23.0 Å². The summed E-state index contributed by atoms with van der Waals surface area (Å²) >= 11 is 0. The molecule has 0 radical (unpaired) electrons. The van der Waals surface area contributed by atoms with E-state index in [9.17, 15) is 9.18 Å². The Hall–Kier alpha value is -3.42. The maximum Gasteiger partial charge on any atom is 0.257 e. The van der Waals surface area contributed by atoms with Crippen LogP contribution in [0, 0.1) is 5.82 Å². The van der Waals surface area contributed by atoms with Crippen molar-refractivity contribution < 1.29 is 23.2 Å². The van der Waals surface area contributed by atoms with E-state index in [1.807, 2.05) is 0 Å². The van der Waals surface area contributed by atoms with Crippen LogP contribution in [0.1, 0.15) is 16.2 Å². The van der Waals surface area contributed by atoms with E-state index in [-0.39, 0.29) is 17.9 Å². The summed E-state index contributed by atoms with van der Waals surface area (Å²) in [5, 5.41) is 6.43. The quantitative estimate of drug-likeness (QED) is 0.730. The van der Waals surface area contributed by atoms with E-state index in [1.165, 1.54) is 19.2 Å². The first-order valence-corrected chi connectivity index (χ1v) is 7.69. The first-order chi connectivity index (χ1) is 12.6. The molecule has 0 atom stereocenters. The molecule has 0 unspecified atom stereocenters. The number of nitrogens with zero attached hydrogens (tertiary/aromatic N) is 2. The fourth-order valence-electron chi connectivity index (χ4n) is 2.29. The molecule has 26 heavy (non-hydrogen) atoms. The zero-order valence-electron chi connectivity index (χ0n) is 14.2. The number of carbonyl (C=O) groups is 1. The molecule has 0 spiro atoms. The van der Waals surface area contributed by atoms with Gasteiger partial charge in [0.15, 0.2) is 5.82 Å². The Balaban J connectivity index is 1.68. The number of aromatic nitrogens is 2. The topological polar surface area (TPSA) is 86.5 Å². The average molecular weight is 357 g/mol. The summed E-state index contributed by atoms with van der Waals surface area (Å²) in [6, 6.07) is 10.8. The standard InChI is InChI=1S/C18H16FN3O4/c1-24-13-6-3-11(4-7-13)18-21-16(22-26-18)10-20-17(23)14-9-12(19)5-8-15(14)25-2/h3-9H,10H2,1-2H3,(H,20,23). The molecular formula is C18H16FN3O4. The number of rotatable bonds is 6. The second kappa shape index (κ2) is 7.64. The number of carbonyl (C=O) groups excluding carboxylic acids is 1. The van der Waals surface area contributed by atoms with Crippen molar-refractivity contribution in [2.24, 2.45) is 0 Å². The molecular weight excluding hydrogens is 341 g/mol. The molecule has 8 heteroatoms. The van der Waals surface area contributed by atoms with Gasteiger partial charge in [-0.25, -0.2) is 4.39 Å². The first kappa shape index (κ1) is 17.4. The molecule has 1 N–H and O–H groups in total. The number of halogens is 1. The van der Waals surface area contributed by atoms with Gasteiger partial charge in [-0.2, -0.15) is 4.98 Å². The Morgan fingerprint density at radius 2 is 1.92 bits per heavy atom. The number of benzene rings is 2. The van der Waals surface area contributed by atoms with Crippen LogP contribution in [0.5, 0.6) is 11.5 Å². The molecule has 0 saturated heterocycles. The lowest BCUT2D eigenvalue weighted by Gasteiger charge is -2.08. The summed E-state index contributed by atoms with van der Waals surface area (Å²) in [7, 11) is 2.99. The summed E-state index contributed by atoms with van der Waals surface area (Å²) in [5.41, 5.74) is 0.814. The van der Waals surface area contributed by atoms with Crippen molar-refractivity contribution in [3.05, 3.63) is 59.7 Å². The normalized spacial score (nSPS) is 10.4. The minimum absolute atomic E-state index is 0.0259. The average Bonchev–Trinajstić information content (AvgIpc) is 3.15. The van der Waals surface area contributed by atoms with Gasteiger partial charge in [0, 0.05) is 5.56 Å². The van der Waals surface area contributed by atoms with Crippen molar-refractivity contribution >= 4 is 5.91 Å². The second-order valence-corrected chi connectivity index (χ2v) is 5.27. The van der Waals surface area contributed by atoms with Gasteiger partial charge in [0.05, 0.1) is 26.3 Å². The Morgan fingerprint density at radius 1 is 1.15 bits per heavy atom. The van der Waals surface area contributed by atoms with E-state index >= 15 is 0 Å². The lowest BCUT2D eigenvalue weighted by molar-refractivity contribution is 0.0946. The SMILES string of the molecule is COc1ccc(-c2nc(CNC(=O)c3cc(F)ccc3OC)no2)cc1. The number of ether oxygens (including phenoxy) is 2. The van der Waals surface area contributed by atoms with E-state index in [2.05, 4.69) is 15.5 Å². The largest absolute Gasteiger partial charge is 0.497 e.